The van der Waals surface area contributed by atoms with Crippen molar-refractivity contribution in [2.45, 2.75) is 52.6 Å². The fraction of sp³-hybridized carbons (Fsp3) is 0.312. The highest BCUT2D eigenvalue weighted by atomic mass is 19.1. The fourth-order valence-electron chi connectivity index (χ4n) is 5.76. The second-order valence-electron chi connectivity index (χ2n) is 11.1. The smallest absolute Gasteiger partial charge is 0.355 e. The van der Waals surface area contributed by atoms with E-state index >= 15 is 4.39 Å². The average Bonchev–Trinajstić information content (AvgIpc) is 2.93. The number of hydrogen-bond donors (Lipinski definition) is 1. The van der Waals surface area contributed by atoms with Crippen LogP contribution in [0.4, 0.5) is 14.6 Å². The Morgan fingerprint density at radius 3 is 2.45 bits per heavy atom. The van der Waals surface area contributed by atoms with Gasteiger partial charge in [0.05, 0.1) is 22.3 Å². The standard InChI is InChI=1S/C32H33F2N5O3/c1-7-26(41)37-15-20(6)38(16-19(37)5)30-28-23(34)14-24(27-22(33)12-9-13-25(27)40)35-31(28)39(32(42)36-30)29-18(4)10-8-11-21(29)17(2)3/h7-14,17,19-20,40H,1,15-16H2,2-6H3/t19-,20+/m1/s1. The van der Waals surface area contributed by atoms with Gasteiger partial charge in [0, 0.05) is 31.2 Å². The van der Waals surface area contributed by atoms with Gasteiger partial charge in [0.25, 0.3) is 0 Å². The molecule has 0 unspecified atom stereocenters. The number of aromatic hydroxyl groups is 1. The van der Waals surface area contributed by atoms with Crippen LogP contribution in [-0.4, -0.2) is 55.6 Å². The monoisotopic (exact) mass is 573 g/mol. The lowest BCUT2D eigenvalue weighted by Crippen LogP contribution is -2.58. The first-order valence-corrected chi connectivity index (χ1v) is 13.8. The Morgan fingerprint density at radius 2 is 1.79 bits per heavy atom. The molecular formula is C32H33F2N5O3. The maximum atomic E-state index is 16.4. The van der Waals surface area contributed by atoms with Crippen molar-refractivity contribution in [2.75, 3.05) is 18.0 Å². The zero-order valence-electron chi connectivity index (χ0n) is 24.2. The van der Waals surface area contributed by atoms with E-state index in [0.717, 1.165) is 23.3 Å². The van der Waals surface area contributed by atoms with Gasteiger partial charge >= 0.3 is 5.69 Å². The Morgan fingerprint density at radius 1 is 1.07 bits per heavy atom. The van der Waals surface area contributed by atoms with Crippen LogP contribution in [0.2, 0.25) is 0 Å². The van der Waals surface area contributed by atoms with Crippen molar-refractivity contribution in [1.82, 2.24) is 19.4 Å². The molecule has 1 aliphatic heterocycles. The van der Waals surface area contributed by atoms with E-state index in [1.165, 1.54) is 22.8 Å². The number of fused-ring (bicyclic) bond motifs is 1. The molecule has 1 fully saturated rings. The summed E-state index contributed by atoms with van der Waals surface area (Å²) in [4.78, 5) is 39.0. The molecule has 10 heteroatoms. The van der Waals surface area contributed by atoms with Gasteiger partial charge in [-0.15, -0.1) is 0 Å². The van der Waals surface area contributed by atoms with Crippen molar-refractivity contribution >= 4 is 22.8 Å². The molecule has 42 heavy (non-hydrogen) atoms. The summed E-state index contributed by atoms with van der Waals surface area (Å²) < 4.78 is 32.6. The van der Waals surface area contributed by atoms with Gasteiger partial charge in [0.2, 0.25) is 5.91 Å². The van der Waals surface area contributed by atoms with Crippen LogP contribution in [0.5, 0.6) is 5.75 Å². The Labute approximate surface area is 242 Å². The van der Waals surface area contributed by atoms with Crippen molar-refractivity contribution in [3.05, 3.63) is 88.4 Å². The number of nitrogens with zero attached hydrogens (tertiary/aromatic N) is 5. The van der Waals surface area contributed by atoms with Crippen LogP contribution in [0.1, 0.15) is 44.7 Å². The number of amides is 1. The molecule has 8 nitrogen and oxygen atoms in total. The summed E-state index contributed by atoms with van der Waals surface area (Å²) in [5.74, 6) is -2.10. The molecule has 5 rings (SSSR count). The van der Waals surface area contributed by atoms with Crippen LogP contribution in [0.25, 0.3) is 28.0 Å². The average molecular weight is 574 g/mol. The molecule has 0 saturated carbocycles. The van der Waals surface area contributed by atoms with Crippen molar-refractivity contribution in [3.63, 3.8) is 0 Å². The van der Waals surface area contributed by atoms with Gasteiger partial charge in [-0.05, 0) is 56.0 Å². The van der Waals surface area contributed by atoms with Gasteiger partial charge in [-0.1, -0.05) is 44.7 Å². The third-order valence-corrected chi connectivity index (χ3v) is 7.86. The van der Waals surface area contributed by atoms with E-state index < -0.39 is 23.1 Å². The van der Waals surface area contributed by atoms with Crippen molar-refractivity contribution in [2.24, 2.45) is 0 Å². The van der Waals surface area contributed by atoms with Gasteiger partial charge in [0.15, 0.2) is 5.65 Å². The molecule has 2 aromatic heterocycles. The van der Waals surface area contributed by atoms with E-state index in [1.54, 1.807) is 9.80 Å². The Bertz CT molecular complexity index is 1760. The van der Waals surface area contributed by atoms with Gasteiger partial charge in [-0.3, -0.25) is 4.79 Å². The lowest BCUT2D eigenvalue weighted by Gasteiger charge is -2.44. The SMILES string of the molecule is C=CC(=O)N1C[C@H](C)N(c2nc(=O)n(-c3c(C)cccc3C(C)C)c3nc(-c4c(O)cccc4F)cc(F)c23)C[C@H]1C. The molecule has 218 valence electrons. The zero-order chi connectivity index (χ0) is 30.5. The minimum Gasteiger partial charge on any atom is -0.507 e. The second-order valence-corrected chi connectivity index (χ2v) is 11.1. The molecule has 0 radical (unpaired) electrons. The number of phenols is 1. The molecule has 0 spiro atoms. The predicted octanol–water partition coefficient (Wildman–Crippen LogP) is 5.47. The molecule has 1 saturated heterocycles. The number of aryl methyl sites for hydroxylation is 1. The topological polar surface area (TPSA) is 91.6 Å². The number of anilines is 1. The molecule has 1 amide bonds. The van der Waals surface area contributed by atoms with Gasteiger partial charge in [0.1, 0.15) is 23.2 Å². The highest BCUT2D eigenvalue weighted by Crippen LogP contribution is 2.37. The number of halogens is 2. The normalized spacial score (nSPS) is 17.2. The largest absolute Gasteiger partial charge is 0.507 e. The number of pyridine rings is 1. The van der Waals surface area contributed by atoms with E-state index in [0.29, 0.717) is 12.2 Å². The first kappa shape index (κ1) is 28.9. The minimum absolute atomic E-state index is 0.00140. The zero-order valence-corrected chi connectivity index (χ0v) is 24.2. The van der Waals surface area contributed by atoms with Crippen molar-refractivity contribution in [1.29, 1.82) is 0 Å². The maximum absolute atomic E-state index is 16.4. The molecule has 1 N–H and O–H groups in total. The third kappa shape index (κ3) is 4.80. The van der Waals surface area contributed by atoms with Gasteiger partial charge in [-0.2, -0.15) is 4.98 Å². The Balaban J connectivity index is 1.85. The summed E-state index contributed by atoms with van der Waals surface area (Å²) in [7, 11) is 0. The molecule has 4 aromatic rings. The number of para-hydroxylation sites is 1. The molecule has 0 bridgehead atoms. The number of phenolic OH excluding ortho intramolecular Hbond substituents is 1. The molecule has 3 heterocycles. The van der Waals surface area contributed by atoms with E-state index in [2.05, 4.69) is 16.5 Å². The van der Waals surface area contributed by atoms with Crippen molar-refractivity contribution < 1.29 is 18.7 Å². The van der Waals surface area contributed by atoms with Crippen LogP contribution in [-0.2, 0) is 4.79 Å². The third-order valence-electron chi connectivity index (χ3n) is 7.86. The highest BCUT2D eigenvalue weighted by Gasteiger charge is 2.34. The van der Waals surface area contributed by atoms with Crippen LogP contribution < -0.4 is 10.6 Å². The number of carbonyl (C=O) groups excluding carboxylic acids is 1. The number of aromatic nitrogens is 3. The second kappa shape index (κ2) is 11.0. The highest BCUT2D eigenvalue weighted by molar-refractivity contribution is 5.92. The number of piperazine rings is 1. The quantitative estimate of drug-likeness (QED) is 0.318. The molecule has 1 aliphatic rings. The van der Waals surface area contributed by atoms with Gasteiger partial charge < -0.3 is 14.9 Å². The first-order chi connectivity index (χ1) is 19.9. The fourth-order valence-corrected chi connectivity index (χ4v) is 5.76. The predicted molar refractivity (Wildman–Crippen MR) is 159 cm³/mol. The first-order valence-electron chi connectivity index (χ1n) is 13.8. The van der Waals surface area contributed by atoms with Gasteiger partial charge in [-0.25, -0.2) is 23.1 Å². The summed E-state index contributed by atoms with van der Waals surface area (Å²) in [5, 5.41) is 10.5. The lowest BCUT2D eigenvalue weighted by atomic mass is 9.98. The molecule has 2 aromatic carbocycles. The summed E-state index contributed by atoms with van der Waals surface area (Å²) in [6.45, 7) is 13.7. The minimum atomic E-state index is -0.784. The van der Waals surface area contributed by atoms with E-state index in [9.17, 15) is 19.1 Å². The van der Waals surface area contributed by atoms with Crippen LogP contribution in [0.15, 0.2) is 59.9 Å². The number of benzene rings is 2. The summed E-state index contributed by atoms with van der Waals surface area (Å²) in [6.07, 6.45) is 1.26. The number of carbonyl (C=O) groups is 1. The number of rotatable bonds is 5. The van der Waals surface area contributed by atoms with Crippen LogP contribution >= 0.6 is 0 Å². The van der Waals surface area contributed by atoms with Crippen molar-refractivity contribution in [3.8, 4) is 22.7 Å². The van der Waals surface area contributed by atoms with Crippen LogP contribution in [0.3, 0.4) is 0 Å². The van der Waals surface area contributed by atoms with Crippen LogP contribution in [0, 0.1) is 18.6 Å². The van der Waals surface area contributed by atoms with E-state index in [-0.39, 0.29) is 58.6 Å². The maximum Gasteiger partial charge on any atom is 0.355 e. The Hall–Kier alpha value is -4.60. The number of hydrogen-bond acceptors (Lipinski definition) is 6. The summed E-state index contributed by atoms with van der Waals surface area (Å²) in [6, 6.07) is 9.84. The molecular weight excluding hydrogens is 540 g/mol. The molecule has 0 aliphatic carbocycles. The summed E-state index contributed by atoms with van der Waals surface area (Å²) >= 11 is 0. The molecule has 2 atom stereocenters. The Kier molecular flexibility index (Phi) is 7.57. The lowest BCUT2D eigenvalue weighted by molar-refractivity contribution is -0.128. The summed E-state index contributed by atoms with van der Waals surface area (Å²) in [5.41, 5.74) is 0.924. The van der Waals surface area contributed by atoms with E-state index in [4.69, 9.17) is 0 Å². The van der Waals surface area contributed by atoms with E-state index in [1.807, 2.05) is 52.8 Å².